The third kappa shape index (κ3) is 0.572. The van der Waals surface area contributed by atoms with E-state index in [0.29, 0.717) is 0 Å². The van der Waals surface area contributed by atoms with Crippen molar-refractivity contribution in [2.75, 3.05) is 0 Å². The van der Waals surface area contributed by atoms with Gasteiger partial charge >= 0.3 is 0 Å². The largest absolute Gasteiger partial charge is 0.506 e. The van der Waals surface area contributed by atoms with E-state index in [1.807, 2.05) is 12.1 Å². The highest BCUT2D eigenvalue weighted by Crippen LogP contribution is 2.15. The zero-order valence-electron chi connectivity index (χ0n) is 5.23. The fraction of sp³-hybridized carbons (Fsp3) is 0. The second-order valence-electron chi connectivity index (χ2n) is 2.05. The Labute approximate surface area is 57.5 Å². The summed E-state index contributed by atoms with van der Waals surface area (Å²) in [6.45, 7) is 0. The van der Waals surface area contributed by atoms with Gasteiger partial charge in [-0.15, -0.1) is 0 Å². The smallest absolute Gasteiger partial charge is 0.142 e. The standard InChI is InChI=1S/C7H6N2O/c10-7-3-4-8-9-5-1-2-6(7)9/h1-5,10H. The second kappa shape index (κ2) is 1.73. The highest BCUT2D eigenvalue weighted by molar-refractivity contribution is 5.57. The second-order valence-corrected chi connectivity index (χ2v) is 2.05. The van der Waals surface area contributed by atoms with Crippen LogP contribution in [0.1, 0.15) is 0 Å². The van der Waals surface area contributed by atoms with Crippen LogP contribution >= 0.6 is 0 Å². The van der Waals surface area contributed by atoms with Crippen molar-refractivity contribution in [2.24, 2.45) is 0 Å². The maximum atomic E-state index is 9.20. The van der Waals surface area contributed by atoms with Gasteiger partial charge in [0.15, 0.2) is 0 Å². The first-order chi connectivity index (χ1) is 4.88. The summed E-state index contributed by atoms with van der Waals surface area (Å²) in [5.41, 5.74) is 0.738. The Balaban J connectivity index is 2.95. The molecule has 0 bridgehead atoms. The minimum atomic E-state index is 0.264. The van der Waals surface area contributed by atoms with E-state index in [4.69, 9.17) is 0 Å². The summed E-state index contributed by atoms with van der Waals surface area (Å²) in [5, 5.41) is 13.2. The van der Waals surface area contributed by atoms with E-state index in [2.05, 4.69) is 5.10 Å². The van der Waals surface area contributed by atoms with E-state index in [9.17, 15) is 5.11 Å². The van der Waals surface area contributed by atoms with Gasteiger partial charge in [-0.05, 0) is 12.1 Å². The Kier molecular flexibility index (Phi) is 0.917. The molecule has 10 heavy (non-hydrogen) atoms. The van der Waals surface area contributed by atoms with Crippen LogP contribution < -0.4 is 0 Å². The molecule has 3 heteroatoms. The number of aromatic nitrogens is 2. The summed E-state index contributed by atoms with van der Waals surface area (Å²) in [6.07, 6.45) is 3.34. The molecule has 0 aromatic carbocycles. The lowest BCUT2D eigenvalue weighted by Gasteiger charge is -1.93. The predicted molar refractivity (Wildman–Crippen MR) is 36.9 cm³/mol. The topological polar surface area (TPSA) is 37.5 Å². The van der Waals surface area contributed by atoms with Gasteiger partial charge in [0.1, 0.15) is 11.3 Å². The van der Waals surface area contributed by atoms with E-state index < -0.39 is 0 Å². The van der Waals surface area contributed by atoms with Gasteiger partial charge in [0, 0.05) is 12.3 Å². The SMILES string of the molecule is Oc1ccnn2cccc12. The maximum absolute atomic E-state index is 9.20. The first-order valence-electron chi connectivity index (χ1n) is 2.99. The highest BCUT2D eigenvalue weighted by atomic mass is 16.3. The van der Waals surface area contributed by atoms with Gasteiger partial charge in [-0.3, -0.25) is 0 Å². The van der Waals surface area contributed by atoms with Gasteiger partial charge in [-0.1, -0.05) is 0 Å². The van der Waals surface area contributed by atoms with Crippen LogP contribution in [0.25, 0.3) is 5.52 Å². The number of aromatic hydroxyl groups is 1. The van der Waals surface area contributed by atoms with Gasteiger partial charge < -0.3 is 5.11 Å². The lowest BCUT2D eigenvalue weighted by atomic mass is 10.4. The molecular weight excluding hydrogens is 128 g/mol. The van der Waals surface area contributed by atoms with Crippen LogP contribution in [0.5, 0.6) is 5.75 Å². The third-order valence-electron chi connectivity index (χ3n) is 1.41. The molecule has 0 spiro atoms. The lowest BCUT2D eigenvalue weighted by molar-refractivity contribution is 0.477. The first kappa shape index (κ1) is 5.29. The zero-order valence-corrected chi connectivity index (χ0v) is 5.23. The van der Waals surface area contributed by atoms with Crippen LogP contribution in [0.2, 0.25) is 0 Å². The van der Waals surface area contributed by atoms with Crippen molar-refractivity contribution in [1.29, 1.82) is 0 Å². The number of fused-ring (bicyclic) bond motifs is 1. The van der Waals surface area contributed by atoms with E-state index in [-0.39, 0.29) is 5.75 Å². The van der Waals surface area contributed by atoms with Crippen LogP contribution in [0.3, 0.4) is 0 Å². The first-order valence-corrected chi connectivity index (χ1v) is 2.99. The molecule has 1 N–H and O–H groups in total. The summed E-state index contributed by atoms with van der Waals surface area (Å²) in [6, 6.07) is 5.21. The van der Waals surface area contributed by atoms with Gasteiger partial charge in [0.25, 0.3) is 0 Å². The highest BCUT2D eigenvalue weighted by Gasteiger charge is 1.95. The van der Waals surface area contributed by atoms with Gasteiger partial charge in [0.2, 0.25) is 0 Å². The number of rotatable bonds is 0. The summed E-state index contributed by atoms with van der Waals surface area (Å²) in [4.78, 5) is 0. The molecule has 0 unspecified atom stereocenters. The quantitative estimate of drug-likeness (QED) is 0.584. The molecule has 50 valence electrons. The summed E-state index contributed by atoms with van der Waals surface area (Å²) in [7, 11) is 0. The van der Waals surface area contributed by atoms with Crippen molar-refractivity contribution >= 4 is 5.52 Å². The molecule has 0 fully saturated rings. The van der Waals surface area contributed by atoms with Gasteiger partial charge in [-0.2, -0.15) is 5.10 Å². The molecular formula is C7H6N2O. The molecule has 0 saturated carbocycles. The summed E-state index contributed by atoms with van der Waals surface area (Å²) >= 11 is 0. The normalized spacial score (nSPS) is 10.4. The van der Waals surface area contributed by atoms with Crippen LogP contribution in [-0.2, 0) is 0 Å². The fourth-order valence-electron chi connectivity index (χ4n) is 0.937. The predicted octanol–water partition coefficient (Wildman–Crippen LogP) is 1.04. The molecule has 3 nitrogen and oxygen atoms in total. The lowest BCUT2D eigenvalue weighted by Crippen LogP contribution is -1.85. The van der Waals surface area contributed by atoms with Crippen molar-refractivity contribution in [2.45, 2.75) is 0 Å². The molecule has 2 heterocycles. The van der Waals surface area contributed by atoms with Crippen molar-refractivity contribution in [3.05, 3.63) is 30.6 Å². The third-order valence-corrected chi connectivity index (χ3v) is 1.41. The molecule has 0 saturated heterocycles. The fourth-order valence-corrected chi connectivity index (χ4v) is 0.937. The summed E-state index contributed by atoms with van der Waals surface area (Å²) in [5.74, 6) is 0.264. The Bertz CT molecular complexity index is 353. The van der Waals surface area contributed by atoms with E-state index in [0.717, 1.165) is 5.52 Å². The van der Waals surface area contributed by atoms with Crippen LogP contribution in [-0.4, -0.2) is 14.7 Å². The van der Waals surface area contributed by atoms with Crippen molar-refractivity contribution in [1.82, 2.24) is 9.61 Å². The Morgan fingerprint density at radius 1 is 1.40 bits per heavy atom. The van der Waals surface area contributed by atoms with Crippen LogP contribution in [0.15, 0.2) is 30.6 Å². The van der Waals surface area contributed by atoms with Crippen LogP contribution in [0.4, 0.5) is 0 Å². The summed E-state index contributed by atoms with van der Waals surface area (Å²) < 4.78 is 1.62. The van der Waals surface area contributed by atoms with Gasteiger partial charge in [-0.25, -0.2) is 4.52 Å². The molecule has 2 aromatic rings. The monoisotopic (exact) mass is 134 g/mol. The van der Waals surface area contributed by atoms with E-state index in [1.165, 1.54) is 0 Å². The molecule has 0 radical (unpaired) electrons. The Morgan fingerprint density at radius 3 is 3.10 bits per heavy atom. The molecule has 0 amide bonds. The number of nitrogens with zero attached hydrogens (tertiary/aromatic N) is 2. The number of hydrogen-bond donors (Lipinski definition) is 1. The van der Waals surface area contributed by atoms with Crippen molar-refractivity contribution in [3.8, 4) is 5.75 Å². The molecule has 0 atom stereocenters. The van der Waals surface area contributed by atoms with E-state index >= 15 is 0 Å². The minimum absolute atomic E-state index is 0.264. The van der Waals surface area contributed by atoms with Crippen LogP contribution in [0, 0.1) is 0 Å². The Hall–Kier alpha value is -1.51. The average molecular weight is 134 g/mol. The van der Waals surface area contributed by atoms with E-state index in [1.54, 1.807) is 23.0 Å². The zero-order chi connectivity index (χ0) is 6.97. The van der Waals surface area contributed by atoms with Crippen molar-refractivity contribution in [3.63, 3.8) is 0 Å². The molecule has 2 aromatic heterocycles. The maximum Gasteiger partial charge on any atom is 0.142 e. The van der Waals surface area contributed by atoms with Crippen molar-refractivity contribution < 1.29 is 5.11 Å². The van der Waals surface area contributed by atoms with Gasteiger partial charge in [0.05, 0.1) is 6.20 Å². The average Bonchev–Trinajstić information content (AvgIpc) is 2.36. The molecule has 0 aliphatic carbocycles. The molecule has 0 aliphatic heterocycles. The number of hydrogen-bond acceptors (Lipinski definition) is 2. The molecule has 0 aliphatic rings. The molecule has 2 rings (SSSR count). The Morgan fingerprint density at radius 2 is 2.30 bits per heavy atom. The minimum Gasteiger partial charge on any atom is -0.506 e.